The first-order valence-electron chi connectivity index (χ1n) is 6.00. The molecule has 0 bridgehead atoms. The summed E-state index contributed by atoms with van der Waals surface area (Å²) in [5.74, 6) is 0.977. The maximum atomic E-state index is 5.54. The second kappa shape index (κ2) is 5.19. The summed E-state index contributed by atoms with van der Waals surface area (Å²) in [7, 11) is 1.96. The minimum atomic E-state index is 0.765. The van der Waals surface area contributed by atoms with E-state index in [0.717, 1.165) is 36.5 Å². The van der Waals surface area contributed by atoms with Crippen LogP contribution in [0.2, 0.25) is 0 Å². The van der Waals surface area contributed by atoms with E-state index < -0.39 is 0 Å². The summed E-state index contributed by atoms with van der Waals surface area (Å²) in [6.45, 7) is 5.99. The Morgan fingerprint density at radius 3 is 2.94 bits per heavy atom. The third-order valence-electron chi connectivity index (χ3n) is 2.83. The molecule has 1 N–H and O–H groups in total. The zero-order valence-corrected chi connectivity index (χ0v) is 10.7. The van der Waals surface area contributed by atoms with Crippen LogP contribution in [0.5, 0.6) is 0 Å². The van der Waals surface area contributed by atoms with Crippen molar-refractivity contribution in [2.24, 2.45) is 7.05 Å². The van der Waals surface area contributed by atoms with E-state index in [1.807, 2.05) is 24.0 Å². The lowest BCUT2D eigenvalue weighted by atomic mass is 10.1. The number of aromatic nitrogens is 2. The van der Waals surface area contributed by atoms with Gasteiger partial charge in [0.1, 0.15) is 5.76 Å². The van der Waals surface area contributed by atoms with Gasteiger partial charge in [-0.15, -0.1) is 0 Å². The lowest BCUT2D eigenvalue weighted by molar-refractivity contribution is 0.484. The molecule has 0 radical (unpaired) electrons. The van der Waals surface area contributed by atoms with Crippen LogP contribution in [0.4, 0.5) is 0 Å². The molecule has 2 aromatic heterocycles. The van der Waals surface area contributed by atoms with Crippen molar-refractivity contribution in [2.45, 2.75) is 26.8 Å². The Kier molecular flexibility index (Phi) is 3.64. The quantitative estimate of drug-likeness (QED) is 0.807. The van der Waals surface area contributed by atoms with E-state index in [4.69, 9.17) is 4.42 Å². The van der Waals surface area contributed by atoms with E-state index in [0.29, 0.717) is 0 Å². The molecule has 92 valence electrons. The van der Waals surface area contributed by atoms with Crippen molar-refractivity contribution in [2.75, 3.05) is 6.54 Å². The van der Waals surface area contributed by atoms with E-state index in [-0.39, 0.29) is 0 Å². The molecule has 4 heteroatoms. The van der Waals surface area contributed by atoms with Crippen LogP contribution in [0.3, 0.4) is 0 Å². The number of rotatable bonds is 5. The van der Waals surface area contributed by atoms with Crippen LogP contribution in [0.1, 0.15) is 24.7 Å². The topological polar surface area (TPSA) is 43.0 Å². The van der Waals surface area contributed by atoms with E-state index in [2.05, 4.69) is 24.3 Å². The van der Waals surface area contributed by atoms with Crippen molar-refractivity contribution in [3.05, 3.63) is 29.9 Å². The summed E-state index contributed by atoms with van der Waals surface area (Å²) in [5, 5.41) is 7.62. The zero-order valence-electron chi connectivity index (χ0n) is 10.7. The highest BCUT2D eigenvalue weighted by molar-refractivity contribution is 5.64. The standard InChI is InChI=1S/C13H19N3O/c1-4-6-14-9-12-11(5-7-17-12)13-10(2)8-15-16(13)3/h5,7-8,14H,4,6,9H2,1-3H3. The molecule has 0 unspecified atom stereocenters. The van der Waals surface area contributed by atoms with Crippen molar-refractivity contribution in [3.63, 3.8) is 0 Å². The van der Waals surface area contributed by atoms with Gasteiger partial charge in [-0.05, 0) is 31.5 Å². The average Bonchev–Trinajstić information content (AvgIpc) is 2.87. The number of nitrogens with one attached hydrogen (secondary N) is 1. The highest BCUT2D eigenvalue weighted by Crippen LogP contribution is 2.27. The molecule has 0 spiro atoms. The number of nitrogens with zero attached hydrogens (tertiary/aromatic N) is 2. The molecule has 17 heavy (non-hydrogen) atoms. The fourth-order valence-electron chi connectivity index (χ4n) is 2.00. The minimum Gasteiger partial charge on any atom is -0.467 e. The SMILES string of the molecule is CCCNCc1occc1-c1c(C)cnn1C. The summed E-state index contributed by atoms with van der Waals surface area (Å²) < 4.78 is 7.43. The highest BCUT2D eigenvalue weighted by atomic mass is 16.3. The number of aryl methyl sites for hydroxylation is 2. The average molecular weight is 233 g/mol. The molecule has 0 fully saturated rings. The molecule has 0 aliphatic heterocycles. The summed E-state index contributed by atoms with van der Waals surface area (Å²) in [6.07, 6.45) is 4.75. The number of hydrogen-bond donors (Lipinski definition) is 1. The Balaban J connectivity index is 2.24. The monoisotopic (exact) mass is 233 g/mol. The van der Waals surface area contributed by atoms with Crippen LogP contribution >= 0.6 is 0 Å². The molecule has 4 nitrogen and oxygen atoms in total. The minimum absolute atomic E-state index is 0.765. The molecule has 2 heterocycles. The molecule has 0 saturated carbocycles. The molecule has 0 aliphatic carbocycles. The fraction of sp³-hybridized carbons (Fsp3) is 0.462. The van der Waals surface area contributed by atoms with Crippen LogP contribution < -0.4 is 5.32 Å². The predicted molar refractivity (Wildman–Crippen MR) is 67.6 cm³/mol. The highest BCUT2D eigenvalue weighted by Gasteiger charge is 2.14. The largest absolute Gasteiger partial charge is 0.467 e. The van der Waals surface area contributed by atoms with Crippen LogP contribution in [-0.2, 0) is 13.6 Å². The molecular weight excluding hydrogens is 214 g/mol. The van der Waals surface area contributed by atoms with E-state index in [9.17, 15) is 0 Å². The van der Waals surface area contributed by atoms with Gasteiger partial charge in [-0.1, -0.05) is 6.92 Å². The molecular formula is C13H19N3O. The first-order chi connectivity index (χ1) is 8.24. The van der Waals surface area contributed by atoms with Gasteiger partial charge in [-0.3, -0.25) is 4.68 Å². The van der Waals surface area contributed by atoms with E-state index >= 15 is 0 Å². The zero-order chi connectivity index (χ0) is 12.3. The first-order valence-corrected chi connectivity index (χ1v) is 6.00. The Hall–Kier alpha value is -1.55. The molecule has 2 aromatic rings. The van der Waals surface area contributed by atoms with Gasteiger partial charge in [-0.2, -0.15) is 5.10 Å². The van der Waals surface area contributed by atoms with E-state index in [1.54, 1.807) is 6.26 Å². The van der Waals surface area contributed by atoms with Crippen molar-refractivity contribution in [1.82, 2.24) is 15.1 Å². The van der Waals surface area contributed by atoms with E-state index in [1.165, 1.54) is 5.56 Å². The maximum absolute atomic E-state index is 5.54. The lowest BCUT2D eigenvalue weighted by Crippen LogP contribution is -2.14. The Labute approximate surface area is 102 Å². The van der Waals surface area contributed by atoms with Gasteiger partial charge >= 0.3 is 0 Å². The van der Waals surface area contributed by atoms with Crippen LogP contribution in [-0.4, -0.2) is 16.3 Å². The third kappa shape index (κ3) is 2.42. The summed E-state index contributed by atoms with van der Waals surface area (Å²) >= 11 is 0. The molecule has 0 atom stereocenters. The van der Waals surface area contributed by atoms with Gasteiger partial charge in [-0.25, -0.2) is 0 Å². The van der Waals surface area contributed by atoms with Gasteiger partial charge in [0.05, 0.1) is 24.7 Å². The predicted octanol–water partition coefficient (Wildman–Crippen LogP) is 2.49. The van der Waals surface area contributed by atoms with Gasteiger partial charge in [0, 0.05) is 12.6 Å². The number of hydrogen-bond acceptors (Lipinski definition) is 3. The summed E-state index contributed by atoms with van der Waals surface area (Å²) in [4.78, 5) is 0. The molecule has 2 rings (SSSR count). The Morgan fingerprint density at radius 1 is 1.47 bits per heavy atom. The fourth-order valence-corrected chi connectivity index (χ4v) is 2.00. The molecule has 0 aliphatic rings. The van der Waals surface area contributed by atoms with Gasteiger partial charge in [0.15, 0.2) is 0 Å². The molecule has 0 saturated heterocycles. The van der Waals surface area contributed by atoms with Crippen molar-refractivity contribution in [1.29, 1.82) is 0 Å². The van der Waals surface area contributed by atoms with Gasteiger partial charge in [0.25, 0.3) is 0 Å². The van der Waals surface area contributed by atoms with Crippen LogP contribution in [0.15, 0.2) is 22.9 Å². The molecule has 0 amide bonds. The van der Waals surface area contributed by atoms with Crippen molar-refractivity contribution in [3.8, 4) is 11.3 Å². The second-order valence-electron chi connectivity index (χ2n) is 4.23. The van der Waals surface area contributed by atoms with Crippen molar-refractivity contribution < 1.29 is 4.42 Å². The Morgan fingerprint density at radius 2 is 2.29 bits per heavy atom. The first kappa shape index (κ1) is 11.9. The third-order valence-corrected chi connectivity index (χ3v) is 2.83. The van der Waals surface area contributed by atoms with Crippen LogP contribution in [0.25, 0.3) is 11.3 Å². The Bertz CT molecular complexity index is 465. The maximum Gasteiger partial charge on any atom is 0.126 e. The van der Waals surface area contributed by atoms with Gasteiger partial charge < -0.3 is 9.73 Å². The second-order valence-corrected chi connectivity index (χ2v) is 4.23. The summed E-state index contributed by atoms with van der Waals surface area (Å²) in [6, 6.07) is 2.01. The summed E-state index contributed by atoms with van der Waals surface area (Å²) in [5.41, 5.74) is 3.43. The van der Waals surface area contributed by atoms with Gasteiger partial charge in [0.2, 0.25) is 0 Å². The van der Waals surface area contributed by atoms with Crippen LogP contribution in [0, 0.1) is 6.92 Å². The number of furan rings is 1. The smallest absolute Gasteiger partial charge is 0.126 e. The molecule has 0 aromatic carbocycles. The van der Waals surface area contributed by atoms with Crippen molar-refractivity contribution >= 4 is 0 Å². The lowest BCUT2D eigenvalue weighted by Gasteiger charge is -2.05. The normalized spacial score (nSPS) is 11.0.